The maximum atomic E-state index is 3.79. The summed E-state index contributed by atoms with van der Waals surface area (Å²) >= 11 is 0. The van der Waals surface area contributed by atoms with E-state index in [1.807, 2.05) is 6.08 Å². The predicted molar refractivity (Wildman–Crippen MR) is 47.2 cm³/mol. The summed E-state index contributed by atoms with van der Waals surface area (Å²) in [5.74, 6) is 0. The van der Waals surface area contributed by atoms with E-state index in [2.05, 4.69) is 39.6 Å². The molecule has 0 spiro atoms. The van der Waals surface area contributed by atoms with Crippen molar-refractivity contribution >= 4 is 0 Å². The van der Waals surface area contributed by atoms with Crippen LogP contribution >= 0.6 is 0 Å². The average Bonchev–Trinajstić information content (AvgIpc) is 1.87. The molecule has 10 heavy (non-hydrogen) atoms. The van der Waals surface area contributed by atoms with Gasteiger partial charge in [0.25, 0.3) is 0 Å². The Hall–Kier alpha value is -0.300. The van der Waals surface area contributed by atoms with Crippen molar-refractivity contribution < 1.29 is 0 Å². The molecule has 1 heteroatoms. The van der Waals surface area contributed by atoms with Crippen LogP contribution in [0.4, 0.5) is 0 Å². The summed E-state index contributed by atoms with van der Waals surface area (Å²) in [5, 5.41) is 3.44. The zero-order valence-electron chi connectivity index (χ0n) is 7.57. The Morgan fingerprint density at radius 2 is 2.10 bits per heavy atom. The highest BCUT2D eigenvalue weighted by atomic mass is 15.0. The second-order valence-electron chi connectivity index (χ2n) is 3.27. The molecule has 0 rings (SSSR count). The fourth-order valence-corrected chi connectivity index (χ4v) is 0.965. The summed E-state index contributed by atoms with van der Waals surface area (Å²) in [4.78, 5) is 0. The molecule has 0 aliphatic rings. The molecule has 0 bridgehead atoms. The van der Waals surface area contributed by atoms with Crippen LogP contribution in [-0.2, 0) is 0 Å². The highest BCUT2D eigenvalue weighted by Crippen LogP contribution is 2.10. The molecule has 1 atom stereocenters. The molecular weight excluding hydrogens is 122 g/mol. The zero-order chi connectivity index (χ0) is 8.20. The van der Waals surface area contributed by atoms with Gasteiger partial charge in [-0.25, -0.2) is 0 Å². The Morgan fingerprint density at radius 3 is 2.20 bits per heavy atom. The van der Waals surface area contributed by atoms with E-state index in [1.165, 1.54) is 0 Å². The van der Waals surface area contributed by atoms with Crippen LogP contribution in [0.3, 0.4) is 0 Å². The zero-order valence-corrected chi connectivity index (χ0v) is 7.57. The molecule has 0 unspecified atom stereocenters. The first-order valence-corrected chi connectivity index (χ1v) is 3.95. The Labute approximate surface area is 64.5 Å². The summed E-state index contributed by atoms with van der Waals surface area (Å²) in [6.07, 6.45) is 3.07. The second-order valence-corrected chi connectivity index (χ2v) is 3.27. The minimum Gasteiger partial charge on any atom is -0.306 e. The van der Waals surface area contributed by atoms with Crippen molar-refractivity contribution in [1.82, 2.24) is 5.32 Å². The third kappa shape index (κ3) is 3.02. The highest BCUT2D eigenvalue weighted by molar-refractivity contribution is 4.98. The normalized spacial score (nSPS) is 16.9. The lowest BCUT2D eigenvalue weighted by atomic mass is 9.98. The lowest BCUT2D eigenvalue weighted by Crippen LogP contribution is -2.43. The molecule has 0 radical (unpaired) electrons. The van der Waals surface area contributed by atoms with E-state index >= 15 is 0 Å². The van der Waals surface area contributed by atoms with Gasteiger partial charge in [-0.2, -0.15) is 0 Å². The first-order chi connectivity index (χ1) is 4.54. The quantitative estimate of drug-likeness (QED) is 0.592. The highest BCUT2D eigenvalue weighted by Gasteiger charge is 2.16. The molecule has 0 fully saturated rings. The van der Waals surface area contributed by atoms with Gasteiger partial charge in [0.15, 0.2) is 0 Å². The summed E-state index contributed by atoms with van der Waals surface area (Å²) in [6.45, 7) is 12.4. The lowest BCUT2D eigenvalue weighted by molar-refractivity contribution is 0.386. The van der Waals surface area contributed by atoms with E-state index in [4.69, 9.17) is 0 Å². The van der Waals surface area contributed by atoms with Gasteiger partial charge in [-0.05, 0) is 13.3 Å². The molecule has 0 heterocycles. The van der Waals surface area contributed by atoms with E-state index in [0.717, 1.165) is 6.42 Å². The van der Waals surface area contributed by atoms with Gasteiger partial charge in [0.05, 0.1) is 0 Å². The van der Waals surface area contributed by atoms with E-state index in [0.29, 0.717) is 6.04 Å². The van der Waals surface area contributed by atoms with Gasteiger partial charge in [-0.1, -0.05) is 26.8 Å². The van der Waals surface area contributed by atoms with Crippen LogP contribution in [0, 0.1) is 0 Å². The van der Waals surface area contributed by atoms with Gasteiger partial charge < -0.3 is 5.32 Å². The van der Waals surface area contributed by atoms with Crippen molar-refractivity contribution in [2.75, 3.05) is 0 Å². The SMILES string of the molecule is C=C[C@](C)(CC)NC(C)C. The van der Waals surface area contributed by atoms with Crippen LogP contribution < -0.4 is 5.32 Å². The third-order valence-corrected chi connectivity index (χ3v) is 1.80. The van der Waals surface area contributed by atoms with E-state index in [9.17, 15) is 0 Å². The van der Waals surface area contributed by atoms with E-state index in [-0.39, 0.29) is 5.54 Å². The topological polar surface area (TPSA) is 12.0 Å². The van der Waals surface area contributed by atoms with Crippen LogP contribution in [0.2, 0.25) is 0 Å². The molecule has 60 valence electrons. The van der Waals surface area contributed by atoms with Crippen molar-refractivity contribution in [1.29, 1.82) is 0 Å². The van der Waals surface area contributed by atoms with E-state index in [1.54, 1.807) is 0 Å². The Kier molecular flexibility index (Phi) is 3.66. The lowest BCUT2D eigenvalue weighted by Gasteiger charge is -2.28. The van der Waals surface area contributed by atoms with Crippen molar-refractivity contribution in [3.05, 3.63) is 12.7 Å². The monoisotopic (exact) mass is 141 g/mol. The Balaban J connectivity index is 3.92. The van der Waals surface area contributed by atoms with Gasteiger partial charge in [0.2, 0.25) is 0 Å². The van der Waals surface area contributed by atoms with Crippen LogP contribution in [0.1, 0.15) is 34.1 Å². The first kappa shape index (κ1) is 9.70. The number of hydrogen-bond donors (Lipinski definition) is 1. The van der Waals surface area contributed by atoms with Crippen LogP contribution in [0.5, 0.6) is 0 Å². The average molecular weight is 141 g/mol. The largest absolute Gasteiger partial charge is 0.306 e. The van der Waals surface area contributed by atoms with E-state index < -0.39 is 0 Å². The van der Waals surface area contributed by atoms with Crippen molar-refractivity contribution in [3.8, 4) is 0 Å². The fraction of sp³-hybridized carbons (Fsp3) is 0.778. The summed E-state index contributed by atoms with van der Waals surface area (Å²) < 4.78 is 0. The van der Waals surface area contributed by atoms with Crippen LogP contribution in [-0.4, -0.2) is 11.6 Å². The smallest absolute Gasteiger partial charge is 0.0332 e. The molecular formula is C9H19N. The molecule has 0 saturated carbocycles. The van der Waals surface area contributed by atoms with Gasteiger partial charge >= 0.3 is 0 Å². The molecule has 0 aliphatic carbocycles. The molecule has 0 aromatic carbocycles. The minimum atomic E-state index is 0.119. The maximum absolute atomic E-state index is 3.79. The van der Waals surface area contributed by atoms with Crippen LogP contribution in [0.25, 0.3) is 0 Å². The maximum Gasteiger partial charge on any atom is 0.0332 e. The minimum absolute atomic E-state index is 0.119. The van der Waals surface area contributed by atoms with Gasteiger partial charge in [0.1, 0.15) is 0 Å². The molecule has 0 aromatic heterocycles. The number of hydrogen-bond acceptors (Lipinski definition) is 1. The molecule has 1 nitrogen and oxygen atoms in total. The van der Waals surface area contributed by atoms with Crippen molar-refractivity contribution in [2.45, 2.75) is 45.7 Å². The first-order valence-electron chi connectivity index (χ1n) is 3.95. The number of rotatable bonds is 4. The van der Waals surface area contributed by atoms with Gasteiger partial charge in [-0.15, -0.1) is 6.58 Å². The second kappa shape index (κ2) is 3.77. The Morgan fingerprint density at radius 1 is 1.60 bits per heavy atom. The molecule has 0 aliphatic heterocycles. The van der Waals surface area contributed by atoms with Crippen molar-refractivity contribution in [3.63, 3.8) is 0 Å². The summed E-state index contributed by atoms with van der Waals surface area (Å²) in [7, 11) is 0. The van der Waals surface area contributed by atoms with Crippen molar-refractivity contribution in [2.24, 2.45) is 0 Å². The predicted octanol–water partition coefficient (Wildman–Crippen LogP) is 2.34. The number of nitrogens with one attached hydrogen (secondary N) is 1. The summed E-state index contributed by atoms with van der Waals surface area (Å²) in [5.41, 5.74) is 0.119. The van der Waals surface area contributed by atoms with Crippen LogP contribution in [0.15, 0.2) is 12.7 Å². The third-order valence-electron chi connectivity index (χ3n) is 1.80. The Bertz CT molecular complexity index is 107. The molecule has 0 saturated heterocycles. The molecule has 0 amide bonds. The summed E-state index contributed by atoms with van der Waals surface area (Å²) in [6, 6.07) is 0.531. The standard InChI is InChI=1S/C9H19N/c1-6-9(5,7-2)10-8(3)4/h6,8,10H,1,7H2,2-5H3/t9-/m1/s1. The van der Waals surface area contributed by atoms with Gasteiger partial charge in [0, 0.05) is 11.6 Å². The fourth-order valence-electron chi connectivity index (χ4n) is 0.965. The molecule has 0 aromatic rings. The van der Waals surface area contributed by atoms with Gasteiger partial charge in [-0.3, -0.25) is 0 Å². The molecule has 1 N–H and O–H groups in total.